The molecule has 0 radical (unpaired) electrons. The van der Waals surface area contributed by atoms with E-state index < -0.39 is 9.84 Å². The van der Waals surface area contributed by atoms with E-state index in [1.165, 1.54) is 30.3 Å². The minimum atomic E-state index is -3.26. The van der Waals surface area contributed by atoms with Gasteiger partial charge in [0, 0.05) is 11.8 Å². The number of allylic oxidation sites excluding steroid dienone is 1. The zero-order valence-corrected chi connectivity index (χ0v) is 15.1. The van der Waals surface area contributed by atoms with Gasteiger partial charge in [0.2, 0.25) is 0 Å². The molecule has 3 aromatic rings. The Morgan fingerprint density at radius 3 is 1.92 bits per heavy atom. The molecule has 3 rings (SSSR count). The van der Waals surface area contributed by atoms with Crippen LogP contribution < -0.4 is 0 Å². The molecule has 130 valence electrons. The van der Waals surface area contributed by atoms with Gasteiger partial charge in [0.25, 0.3) is 0 Å². The highest BCUT2D eigenvalue weighted by atomic mass is 32.2. The molecule has 0 saturated carbocycles. The summed E-state index contributed by atoms with van der Waals surface area (Å²) in [6, 6.07) is 24.0. The highest BCUT2D eigenvalue weighted by Gasteiger charge is 2.08. The number of sulfone groups is 1. The van der Waals surface area contributed by atoms with Gasteiger partial charge in [-0.1, -0.05) is 60.7 Å². The molecule has 26 heavy (non-hydrogen) atoms. The fourth-order valence-corrected chi connectivity index (χ4v) is 3.18. The lowest BCUT2D eigenvalue weighted by atomic mass is 10.0. The first-order chi connectivity index (χ1) is 12.4. The van der Waals surface area contributed by atoms with E-state index in [4.69, 9.17) is 0 Å². The van der Waals surface area contributed by atoms with E-state index in [9.17, 15) is 13.2 Å². The summed E-state index contributed by atoms with van der Waals surface area (Å²) in [6.07, 6.45) is 4.39. The van der Waals surface area contributed by atoms with Crippen LogP contribution in [-0.2, 0) is 9.84 Å². The molecule has 0 saturated heterocycles. The molecular formula is C22H18O3S. The van der Waals surface area contributed by atoms with E-state index in [-0.39, 0.29) is 10.7 Å². The van der Waals surface area contributed by atoms with Crippen LogP contribution in [0.1, 0.15) is 15.9 Å². The third kappa shape index (κ3) is 4.35. The van der Waals surface area contributed by atoms with Crippen molar-refractivity contribution in [2.45, 2.75) is 4.90 Å². The van der Waals surface area contributed by atoms with Crippen LogP contribution in [0.2, 0.25) is 0 Å². The van der Waals surface area contributed by atoms with Crippen molar-refractivity contribution in [2.75, 3.05) is 6.26 Å². The Balaban J connectivity index is 1.72. The third-order valence-corrected chi connectivity index (χ3v) is 5.14. The molecule has 0 aliphatic heterocycles. The van der Waals surface area contributed by atoms with Crippen LogP contribution >= 0.6 is 0 Å². The largest absolute Gasteiger partial charge is 0.289 e. The van der Waals surface area contributed by atoms with Gasteiger partial charge >= 0.3 is 0 Å². The summed E-state index contributed by atoms with van der Waals surface area (Å²) < 4.78 is 22.9. The number of carbonyl (C=O) groups is 1. The molecule has 3 aromatic carbocycles. The van der Waals surface area contributed by atoms with E-state index in [1.54, 1.807) is 6.08 Å². The number of hydrogen-bond donors (Lipinski definition) is 0. The fourth-order valence-electron chi connectivity index (χ4n) is 2.55. The lowest BCUT2D eigenvalue weighted by Gasteiger charge is -2.02. The summed E-state index contributed by atoms with van der Waals surface area (Å²) in [5, 5.41) is 0. The zero-order valence-electron chi connectivity index (χ0n) is 14.3. The Morgan fingerprint density at radius 2 is 1.35 bits per heavy atom. The van der Waals surface area contributed by atoms with Crippen LogP contribution in [0.3, 0.4) is 0 Å². The van der Waals surface area contributed by atoms with Gasteiger partial charge in [0.15, 0.2) is 15.6 Å². The Morgan fingerprint density at radius 1 is 0.769 bits per heavy atom. The Kier molecular flexibility index (Phi) is 5.14. The van der Waals surface area contributed by atoms with Gasteiger partial charge in [-0.3, -0.25) is 4.79 Å². The molecule has 0 aliphatic rings. The van der Waals surface area contributed by atoms with Crippen molar-refractivity contribution in [3.8, 4) is 11.1 Å². The summed E-state index contributed by atoms with van der Waals surface area (Å²) in [4.78, 5) is 12.4. The SMILES string of the molecule is CS(=O)(=O)c1ccc(C(=O)/C=C/c2ccc(-c3ccccc3)cc2)cc1. The molecular weight excluding hydrogens is 344 g/mol. The van der Waals surface area contributed by atoms with Crippen LogP contribution in [0.15, 0.2) is 89.8 Å². The molecule has 0 aromatic heterocycles. The van der Waals surface area contributed by atoms with Crippen molar-refractivity contribution >= 4 is 21.7 Å². The van der Waals surface area contributed by atoms with Gasteiger partial charge in [-0.25, -0.2) is 8.42 Å². The normalized spacial score (nSPS) is 11.6. The molecule has 0 aliphatic carbocycles. The molecule has 4 heteroatoms. The van der Waals surface area contributed by atoms with Crippen LogP contribution in [0.5, 0.6) is 0 Å². The molecule has 0 bridgehead atoms. The summed E-state index contributed by atoms with van der Waals surface area (Å²) in [6.45, 7) is 0. The average molecular weight is 362 g/mol. The van der Waals surface area contributed by atoms with Gasteiger partial charge in [-0.05, 0) is 47.0 Å². The summed E-state index contributed by atoms with van der Waals surface area (Å²) in [7, 11) is -3.26. The maximum Gasteiger partial charge on any atom is 0.185 e. The van der Waals surface area contributed by atoms with Crippen molar-refractivity contribution < 1.29 is 13.2 Å². The first-order valence-corrected chi connectivity index (χ1v) is 10.0. The second kappa shape index (κ2) is 7.50. The quantitative estimate of drug-likeness (QED) is 0.490. The smallest absolute Gasteiger partial charge is 0.185 e. The van der Waals surface area contributed by atoms with Crippen LogP contribution in [-0.4, -0.2) is 20.5 Å². The Bertz CT molecular complexity index is 1030. The van der Waals surface area contributed by atoms with Crippen molar-refractivity contribution in [3.05, 3.63) is 96.1 Å². The van der Waals surface area contributed by atoms with E-state index in [0.717, 1.165) is 22.9 Å². The van der Waals surface area contributed by atoms with Gasteiger partial charge in [0.05, 0.1) is 4.90 Å². The Hall–Kier alpha value is -2.98. The standard InChI is InChI=1S/C22H18O3S/c1-26(24,25)21-14-12-20(13-15-21)22(23)16-9-17-7-10-19(11-8-17)18-5-3-2-4-6-18/h2-16H,1H3/b16-9+. The molecule has 0 fully saturated rings. The van der Waals surface area contributed by atoms with E-state index in [2.05, 4.69) is 12.1 Å². The minimum Gasteiger partial charge on any atom is -0.289 e. The van der Waals surface area contributed by atoms with E-state index in [1.807, 2.05) is 42.5 Å². The molecule has 0 N–H and O–H groups in total. The second-order valence-electron chi connectivity index (χ2n) is 5.98. The van der Waals surface area contributed by atoms with Crippen molar-refractivity contribution in [1.82, 2.24) is 0 Å². The van der Waals surface area contributed by atoms with Crippen LogP contribution in [0.25, 0.3) is 17.2 Å². The number of carbonyl (C=O) groups excluding carboxylic acids is 1. The van der Waals surface area contributed by atoms with E-state index in [0.29, 0.717) is 5.56 Å². The van der Waals surface area contributed by atoms with Gasteiger partial charge in [-0.15, -0.1) is 0 Å². The maximum absolute atomic E-state index is 12.2. The van der Waals surface area contributed by atoms with Crippen LogP contribution in [0, 0.1) is 0 Å². The molecule has 3 nitrogen and oxygen atoms in total. The second-order valence-corrected chi connectivity index (χ2v) is 8.00. The highest BCUT2D eigenvalue weighted by molar-refractivity contribution is 7.90. The van der Waals surface area contributed by atoms with Gasteiger partial charge in [-0.2, -0.15) is 0 Å². The maximum atomic E-state index is 12.2. The lowest BCUT2D eigenvalue weighted by molar-refractivity contribution is 0.104. The highest BCUT2D eigenvalue weighted by Crippen LogP contribution is 2.20. The summed E-state index contributed by atoms with van der Waals surface area (Å²) in [5.41, 5.74) is 3.64. The lowest BCUT2D eigenvalue weighted by Crippen LogP contribution is -1.99. The monoisotopic (exact) mass is 362 g/mol. The van der Waals surface area contributed by atoms with E-state index >= 15 is 0 Å². The summed E-state index contributed by atoms with van der Waals surface area (Å²) >= 11 is 0. The number of rotatable bonds is 5. The fraction of sp³-hybridized carbons (Fsp3) is 0.0455. The molecule has 0 amide bonds. The van der Waals surface area contributed by atoms with Gasteiger partial charge < -0.3 is 0 Å². The zero-order chi connectivity index (χ0) is 18.6. The molecule has 0 unspecified atom stereocenters. The first-order valence-electron chi connectivity index (χ1n) is 8.11. The van der Waals surface area contributed by atoms with Crippen molar-refractivity contribution in [2.24, 2.45) is 0 Å². The van der Waals surface area contributed by atoms with Crippen LogP contribution in [0.4, 0.5) is 0 Å². The number of benzene rings is 3. The van der Waals surface area contributed by atoms with Gasteiger partial charge in [0.1, 0.15) is 0 Å². The average Bonchev–Trinajstić information content (AvgIpc) is 2.66. The predicted octanol–water partition coefficient (Wildman–Crippen LogP) is 4.65. The van der Waals surface area contributed by atoms with Crippen molar-refractivity contribution in [1.29, 1.82) is 0 Å². The Labute approximate surface area is 153 Å². The number of ketones is 1. The molecule has 0 heterocycles. The molecule has 0 spiro atoms. The first kappa shape index (κ1) is 17.8. The molecule has 0 atom stereocenters. The third-order valence-electron chi connectivity index (χ3n) is 4.01. The number of hydrogen-bond acceptors (Lipinski definition) is 3. The predicted molar refractivity (Wildman–Crippen MR) is 105 cm³/mol. The van der Waals surface area contributed by atoms with Crippen molar-refractivity contribution in [3.63, 3.8) is 0 Å². The topological polar surface area (TPSA) is 51.2 Å². The minimum absolute atomic E-state index is 0.169. The summed E-state index contributed by atoms with van der Waals surface area (Å²) in [5.74, 6) is -0.169.